The molecule has 0 radical (unpaired) electrons. The second-order valence-electron chi connectivity index (χ2n) is 4.53. The van der Waals surface area contributed by atoms with E-state index in [4.69, 9.17) is 11.6 Å². The molecule has 94 valence electrons. The van der Waals surface area contributed by atoms with Gasteiger partial charge in [-0.15, -0.1) is 0 Å². The first-order valence-corrected chi connectivity index (χ1v) is 6.79. The highest BCUT2D eigenvalue weighted by atomic mass is 79.9. The van der Waals surface area contributed by atoms with E-state index in [1.165, 1.54) is 0 Å². The van der Waals surface area contributed by atoms with Crippen molar-refractivity contribution in [1.29, 1.82) is 0 Å². The Morgan fingerprint density at radius 1 is 1.47 bits per heavy atom. The normalized spacial score (nSPS) is 10.7. The summed E-state index contributed by atoms with van der Waals surface area (Å²) in [5.74, 6) is 0.591. The molecule has 2 nitrogen and oxygen atoms in total. The lowest BCUT2D eigenvalue weighted by Crippen LogP contribution is -2.28. The van der Waals surface area contributed by atoms with Gasteiger partial charge in [-0.2, -0.15) is 0 Å². The van der Waals surface area contributed by atoms with Gasteiger partial charge in [0.1, 0.15) is 0 Å². The Morgan fingerprint density at radius 2 is 2.12 bits per heavy atom. The van der Waals surface area contributed by atoms with Crippen LogP contribution < -0.4 is 0 Å². The van der Waals surface area contributed by atoms with E-state index < -0.39 is 0 Å². The summed E-state index contributed by atoms with van der Waals surface area (Å²) < 4.78 is 0.781. The van der Waals surface area contributed by atoms with Crippen LogP contribution >= 0.6 is 27.5 Å². The van der Waals surface area contributed by atoms with Gasteiger partial charge in [-0.3, -0.25) is 4.79 Å². The van der Waals surface area contributed by atoms with E-state index in [1.54, 1.807) is 23.1 Å². The zero-order chi connectivity index (χ0) is 13.0. The summed E-state index contributed by atoms with van der Waals surface area (Å²) >= 11 is 9.27. The SMILES string of the molecule is CC(C)CCN(C)C(=O)c1cc(Cl)ccc1Br. The van der Waals surface area contributed by atoms with E-state index in [0.29, 0.717) is 16.5 Å². The predicted molar refractivity (Wildman–Crippen MR) is 75.6 cm³/mol. The van der Waals surface area contributed by atoms with Crippen molar-refractivity contribution < 1.29 is 4.79 Å². The van der Waals surface area contributed by atoms with Gasteiger partial charge in [0.2, 0.25) is 0 Å². The van der Waals surface area contributed by atoms with E-state index in [9.17, 15) is 4.79 Å². The Bertz CT molecular complexity index is 406. The molecule has 0 fully saturated rings. The number of rotatable bonds is 4. The topological polar surface area (TPSA) is 20.3 Å². The molecule has 0 N–H and O–H groups in total. The van der Waals surface area contributed by atoms with Crippen LogP contribution in [-0.2, 0) is 0 Å². The highest BCUT2D eigenvalue weighted by Gasteiger charge is 2.15. The third kappa shape index (κ3) is 4.32. The number of hydrogen-bond acceptors (Lipinski definition) is 1. The van der Waals surface area contributed by atoms with E-state index >= 15 is 0 Å². The van der Waals surface area contributed by atoms with Gasteiger partial charge >= 0.3 is 0 Å². The Hall–Kier alpha value is -0.540. The number of amides is 1. The smallest absolute Gasteiger partial charge is 0.254 e. The average Bonchev–Trinajstić information content (AvgIpc) is 2.28. The van der Waals surface area contributed by atoms with Crippen LogP contribution in [-0.4, -0.2) is 24.4 Å². The second-order valence-corrected chi connectivity index (χ2v) is 5.82. The van der Waals surface area contributed by atoms with Crippen LogP contribution in [0, 0.1) is 5.92 Å². The van der Waals surface area contributed by atoms with Gasteiger partial charge in [0.05, 0.1) is 5.56 Å². The van der Waals surface area contributed by atoms with Gasteiger partial charge in [0.15, 0.2) is 0 Å². The maximum Gasteiger partial charge on any atom is 0.254 e. The molecule has 17 heavy (non-hydrogen) atoms. The molecule has 0 aromatic heterocycles. The molecule has 0 bridgehead atoms. The molecule has 0 aliphatic carbocycles. The standard InChI is InChI=1S/C13H17BrClNO/c1-9(2)6-7-16(3)13(17)11-8-10(15)4-5-12(11)14/h4-5,8-9H,6-7H2,1-3H3. The number of nitrogens with zero attached hydrogens (tertiary/aromatic N) is 1. The summed E-state index contributed by atoms with van der Waals surface area (Å²) in [6.45, 7) is 5.05. The van der Waals surface area contributed by atoms with E-state index in [-0.39, 0.29) is 5.91 Å². The van der Waals surface area contributed by atoms with Gasteiger partial charge in [-0.25, -0.2) is 0 Å². The molecular weight excluding hydrogens is 302 g/mol. The first kappa shape index (κ1) is 14.5. The lowest BCUT2D eigenvalue weighted by atomic mass is 10.1. The fourth-order valence-electron chi connectivity index (χ4n) is 1.42. The van der Waals surface area contributed by atoms with Crippen molar-refractivity contribution in [2.75, 3.05) is 13.6 Å². The van der Waals surface area contributed by atoms with Crippen LogP contribution in [0.4, 0.5) is 0 Å². The highest BCUT2D eigenvalue weighted by Crippen LogP contribution is 2.22. The Balaban J connectivity index is 2.78. The van der Waals surface area contributed by atoms with Crippen molar-refractivity contribution in [3.05, 3.63) is 33.3 Å². The van der Waals surface area contributed by atoms with Crippen molar-refractivity contribution >= 4 is 33.4 Å². The Kier molecular flexibility index (Phi) is 5.47. The van der Waals surface area contributed by atoms with E-state index in [2.05, 4.69) is 29.8 Å². The molecule has 0 saturated carbocycles. The van der Waals surface area contributed by atoms with Crippen molar-refractivity contribution in [1.82, 2.24) is 4.90 Å². The van der Waals surface area contributed by atoms with Crippen LogP contribution in [0.1, 0.15) is 30.6 Å². The molecule has 0 spiro atoms. The largest absolute Gasteiger partial charge is 0.342 e. The Morgan fingerprint density at radius 3 is 2.71 bits per heavy atom. The zero-order valence-electron chi connectivity index (χ0n) is 10.3. The molecule has 1 aromatic carbocycles. The molecule has 4 heteroatoms. The van der Waals surface area contributed by atoms with Gasteiger partial charge in [0, 0.05) is 23.1 Å². The average molecular weight is 319 g/mol. The third-order valence-electron chi connectivity index (χ3n) is 2.55. The van der Waals surface area contributed by atoms with E-state index in [0.717, 1.165) is 17.4 Å². The van der Waals surface area contributed by atoms with Crippen molar-refractivity contribution in [3.8, 4) is 0 Å². The first-order valence-electron chi connectivity index (χ1n) is 5.62. The summed E-state index contributed by atoms with van der Waals surface area (Å²) in [6, 6.07) is 5.25. The molecule has 0 aliphatic heterocycles. The van der Waals surface area contributed by atoms with Crippen LogP contribution in [0.25, 0.3) is 0 Å². The molecule has 0 saturated heterocycles. The summed E-state index contributed by atoms with van der Waals surface area (Å²) in [5.41, 5.74) is 0.615. The van der Waals surface area contributed by atoms with Crippen LogP contribution in [0.15, 0.2) is 22.7 Å². The monoisotopic (exact) mass is 317 g/mol. The fraction of sp³-hybridized carbons (Fsp3) is 0.462. The van der Waals surface area contributed by atoms with Crippen LogP contribution in [0.3, 0.4) is 0 Å². The second kappa shape index (κ2) is 6.41. The summed E-state index contributed by atoms with van der Waals surface area (Å²) in [5, 5.41) is 0.578. The summed E-state index contributed by atoms with van der Waals surface area (Å²) in [7, 11) is 1.82. The zero-order valence-corrected chi connectivity index (χ0v) is 12.7. The molecule has 0 unspecified atom stereocenters. The molecule has 0 aliphatic rings. The number of hydrogen-bond donors (Lipinski definition) is 0. The summed E-state index contributed by atoms with van der Waals surface area (Å²) in [4.78, 5) is 13.9. The van der Waals surface area contributed by atoms with Gasteiger partial charge in [0.25, 0.3) is 5.91 Å². The number of carbonyl (C=O) groups is 1. The number of halogens is 2. The first-order chi connectivity index (χ1) is 7.91. The molecule has 0 heterocycles. The maximum atomic E-state index is 12.2. The maximum absolute atomic E-state index is 12.2. The Labute approximate surface area is 116 Å². The van der Waals surface area contributed by atoms with Crippen molar-refractivity contribution in [2.24, 2.45) is 5.92 Å². The lowest BCUT2D eigenvalue weighted by Gasteiger charge is -2.19. The minimum atomic E-state index is 0.0000231. The van der Waals surface area contributed by atoms with Crippen LogP contribution in [0.5, 0.6) is 0 Å². The molecular formula is C13H17BrClNO. The molecule has 1 amide bonds. The van der Waals surface area contributed by atoms with E-state index in [1.807, 2.05) is 7.05 Å². The quantitative estimate of drug-likeness (QED) is 0.814. The highest BCUT2D eigenvalue weighted by molar-refractivity contribution is 9.10. The summed E-state index contributed by atoms with van der Waals surface area (Å²) in [6.07, 6.45) is 1.00. The molecule has 1 rings (SSSR count). The third-order valence-corrected chi connectivity index (χ3v) is 3.47. The van der Waals surface area contributed by atoms with Crippen LogP contribution in [0.2, 0.25) is 5.02 Å². The molecule has 0 atom stereocenters. The van der Waals surface area contributed by atoms with Crippen molar-refractivity contribution in [2.45, 2.75) is 20.3 Å². The number of benzene rings is 1. The fourth-order valence-corrected chi connectivity index (χ4v) is 2.01. The minimum Gasteiger partial charge on any atom is -0.342 e. The van der Waals surface area contributed by atoms with Gasteiger partial charge in [-0.1, -0.05) is 25.4 Å². The lowest BCUT2D eigenvalue weighted by molar-refractivity contribution is 0.0788. The number of carbonyl (C=O) groups excluding carboxylic acids is 1. The minimum absolute atomic E-state index is 0.0000231. The van der Waals surface area contributed by atoms with Gasteiger partial charge in [-0.05, 0) is 46.5 Å². The predicted octanol–water partition coefficient (Wildman–Crippen LogP) is 4.22. The van der Waals surface area contributed by atoms with Crippen molar-refractivity contribution in [3.63, 3.8) is 0 Å². The van der Waals surface area contributed by atoms with Gasteiger partial charge < -0.3 is 4.90 Å². The molecule has 1 aromatic rings.